The molecule has 6 nitrogen and oxygen atoms in total. The van der Waals surface area contributed by atoms with Crippen molar-refractivity contribution < 1.29 is 14.6 Å². The molecule has 3 heterocycles. The van der Waals surface area contributed by atoms with Crippen molar-refractivity contribution in [2.45, 2.75) is 25.5 Å². The summed E-state index contributed by atoms with van der Waals surface area (Å²) in [4.78, 5) is 18.8. The van der Waals surface area contributed by atoms with E-state index in [1.54, 1.807) is 6.20 Å². The number of fused-ring (bicyclic) bond motifs is 1. The minimum Gasteiger partial charge on any atom is -0.390 e. The van der Waals surface area contributed by atoms with E-state index in [-0.39, 0.29) is 12.5 Å². The first-order chi connectivity index (χ1) is 13.7. The lowest BCUT2D eigenvalue weighted by molar-refractivity contribution is -0.0312. The van der Waals surface area contributed by atoms with Gasteiger partial charge in [-0.15, -0.1) is 0 Å². The summed E-state index contributed by atoms with van der Waals surface area (Å²) in [5, 5.41) is 13.2. The number of hydrogen-bond acceptors (Lipinski definition) is 5. The minimum absolute atomic E-state index is 0.222. The van der Waals surface area contributed by atoms with E-state index in [9.17, 15) is 9.90 Å². The average Bonchev–Trinajstić information content (AvgIpc) is 2.69. The van der Waals surface area contributed by atoms with E-state index in [1.165, 1.54) is 11.1 Å². The number of aliphatic hydroxyl groups excluding tert-OH is 1. The van der Waals surface area contributed by atoms with Crippen LogP contribution in [0.2, 0.25) is 0 Å². The first kappa shape index (κ1) is 19.1. The number of carbonyl (C=O) groups excluding carboxylic acids is 1. The molecule has 0 radical (unpaired) electrons. The molecule has 148 valence electrons. The molecule has 1 saturated heterocycles. The number of nitrogens with one attached hydrogen (secondary N) is 1. The summed E-state index contributed by atoms with van der Waals surface area (Å²) in [5.74, 6) is 0.296. The topological polar surface area (TPSA) is 74.7 Å². The van der Waals surface area contributed by atoms with Crippen molar-refractivity contribution in [3.05, 3.63) is 65.0 Å². The number of pyridine rings is 1. The highest BCUT2D eigenvalue weighted by Crippen LogP contribution is 2.19. The second-order valence-electron chi connectivity index (χ2n) is 7.77. The number of amides is 1. The lowest BCUT2D eigenvalue weighted by atomic mass is 9.98. The second kappa shape index (κ2) is 8.82. The van der Waals surface area contributed by atoms with E-state index >= 15 is 0 Å². The second-order valence-corrected chi connectivity index (χ2v) is 7.77. The summed E-state index contributed by atoms with van der Waals surface area (Å²) in [5.41, 5.74) is 4.21. The number of β-amino-alcohol motifs (C(OH)–C–C–N with tert-alkyl or cyclic N) is 1. The molecule has 2 N–H and O–H groups in total. The molecule has 2 aliphatic heterocycles. The molecule has 1 fully saturated rings. The summed E-state index contributed by atoms with van der Waals surface area (Å²) in [6.07, 6.45) is 2.97. The van der Waals surface area contributed by atoms with Gasteiger partial charge < -0.3 is 15.2 Å². The van der Waals surface area contributed by atoms with Gasteiger partial charge in [0.2, 0.25) is 0 Å². The molecule has 2 aliphatic rings. The van der Waals surface area contributed by atoms with Crippen molar-refractivity contribution in [2.75, 3.05) is 32.8 Å². The van der Waals surface area contributed by atoms with Gasteiger partial charge in [-0.1, -0.05) is 24.3 Å². The standard InChI is InChI=1S/C22H27N3O3/c26-20(13-25-8-6-18-3-1-2-4-19(18)12-25)11-24-22(27)21-10-16(5-7-23-21)9-17-14-28-15-17/h1-5,7,10,17,20,26H,6,8-9,11-15H2,(H,24,27)/t20-/m0/s1. The van der Waals surface area contributed by atoms with Gasteiger partial charge in [-0.2, -0.15) is 0 Å². The predicted molar refractivity (Wildman–Crippen MR) is 106 cm³/mol. The summed E-state index contributed by atoms with van der Waals surface area (Å²) >= 11 is 0. The molecule has 4 rings (SSSR count). The van der Waals surface area contributed by atoms with Crippen LogP contribution in [0.15, 0.2) is 42.6 Å². The van der Waals surface area contributed by atoms with Crippen LogP contribution >= 0.6 is 0 Å². The highest BCUT2D eigenvalue weighted by atomic mass is 16.5. The highest BCUT2D eigenvalue weighted by Gasteiger charge is 2.21. The Morgan fingerprint density at radius 1 is 1.29 bits per heavy atom. The van der Waals surface area contributed by atoms with E-state index in [2.05, 4.69) is 39.5 Å². The average molecular weight is 381 g/mol. The first-order valence-electron chi connectivity index (χ1n) is 9.95. The van der Waals surface area contributed by atoms with Gasteiger partial charge in [0, 0.05) is 38.3 Å². The van der Waals surface area contributed by atoms with E-state index in [1.807, 2.05) is 12.1 Å². The van der Waals surface area contributed by atoms with Gasteiger partial charge in [0.25, 0.3) is 5.91 Å². The normalized spacial score (nSPS) is 18.2. The van der Waals surface area contributed by atoms with E-state index in [0.29, 0.717) is 18.2 Å². The smallest absolute Gasteiger partial charge is 0.269 e. The Kier molecular flexibility index (Phi) is 6.00. The summed E-state index contributed by atoms with van der Waals surface area (Å²) < 4.78 is 5.20. The molecule has 0 bridgehead atoms. The van der Waals surface area contributed by atoms with Gasteiger partial charge in [-0.3, -0.25) is 14.7 Å². The third kappa shape index (κ3) is 4.76. The monoisotopic (exact) mass is 381 g/mol. The maximum absolute atomic E-state index is 12.4. The van der Waals surface area contributed by atoms with Crippen molar-refractivity contribution in [3.8, 4) is 0 Å². The molecule has 1 atom stereocenters. The van der Waals surface area contributed by atoms with Gasteiger partial charge in [0.15, 0.2) is 0 Å². The van der Waals surface area contributed by atoms with Crippen LogP contribution in [-0.2, 0) is 24.1 Å². The highest BCUT2D eigenvalue weighted by molar-refractivity contribution is 5.92. The van der Waals surface area contributed by atoms with Crippen LogP contribution in [0.4, 0.5) is 0 Å². The SMILES string of the molecule is O=C(NC[C@H](O)CN1CCc2ccccc2C1)c1cc(CC2COC2)ccn1. The van der Waals surface area contributed by atoms with Crippen LogP contribution in [0.1, 0.15) is 27.2 Å². The van der Waals surface area contributed by atoms with E-state index in [0.717, 1.165) is 44.7 Å². The molecular formula is C22H27N3O3. The molecule has 0 unspecified atom stereocenters. The molecule has 0 saturated carbocycles. The summed E-state index contributed by atoms with van der Waals surface area (Å²) in [6, 6.07) is 12.2. The molecule has 0 aliphatic carbocycles. The zero-order chi connectivity index (χ0) is 19.3. The van der Waals surface area contributed by atoms with Crippen LogP contribution < -0.4 is 5.32 Å². The molecule has 28 heavy (non-hydrogen) atoms. The maximum Gasteiger partial charge on any atom is 0.269 e. The van der Waals surface area contributed by atoms with E-state index in [4.69, 9.17) is 4.74 Å². The van der Waals surface area contributed by atoms with Crippen molar-refractivity contribution in [2.24, 2.45) is 5.92 Å². The van der Waals surface area contributed by atoms with Crippen LogP contribution in [0, 0.1) is 5.92 Å². The number of hydrogen-bond donors (Lipinski definition) is 2. The van der Waals surface area contributed by atoms with Gasteiger partial charge in [0.05, 0.1) is 19.3 Å². The summed E-state index contributed by atoms with van der Waals surface area (Å²) in [7, 11) is 0. The van der Waals surface area contributed by atoms with Crippen LogP contribution in [0.3, 0.4) is 0 Å². The quantitative estimate of drug-likeness (QED) is 0.759. The fraction of sp³-hybridized carbons (Fsp3) is 0.455. The zero-order valence-electron chi connectivity index (χ0n) is 16.0. The number of carbonyl (C=O) groups is 1. The van der Waals surface area contributed by atoms with Gasteiger partial charge in [-0.25, -0.2) is 0 Å². The van der Waals surface area contributed by atoms with Crippen LogP contribution in [0.25, 0.3) is 0 Å². The Bertz CT molecular complexity index is 822. The Hall–Kier alpha value is -2.28. The minimum atomic E-state index is -0.607. The molecule has 1 aromatic carbocycles. The Labute approximate surface area is 165 Å². The fourth-order valence-electron chi connectivity index (χ4n) is 3.83. The molecule has 0 spiro atoms. The number of benzene rings is 1. The maximum atomic E-state index is 12.4. The van der Waals surface area contributed by atoms with Crippen LogP contribution in [-0.4, -0.2) is 59.8 Å². The fourth-order valence-corrected chi connectivity index (χ4v) is 3.83. The van der Waals surface area contributed by atoms with Gasteiger partial charge in [-0.05, 0) is 41.7 Å². The van der Waals surface area contributed by atoms with Crippen LogP contribution in [0.5, 0.6) is 0 Å². The number of aromatic nitrogens is 1. The van der Waals surface area contributed by atoms with Gasteiger partial charge >= 0.3 is 0 Å². The van der Waals surface area contributed by atoms with Crippen molar-refractivity contribution in [1.29, 1.82) is 0 Å². The summed E-state index contributed by atoms with van der Waals surface area (Å²) in [6.45, 7) is 4.11. The third-order valence-electron chi connectivity index (χ3n) is 5.47. The lowest BCUT2D eigenvalue weighted by Gasteiger charge is -2.30. The van der Waals surface area contributed by atoms with Crippen molar-refractivity contribution >= 4 is 5.91 Å². The zero-order valence-corrected chi connectivity index (χ0v) is 16.0. The lowest BCUT2D eigenvalue weighted by Crippen LogP contribution is -2.42. The molecule has 6 heteroatoms. The number of aliphatic hydroxyl groups is 1. The van der Waals surface area contributed by atoms with Crippen molar-refractivity contribution in [3.63, 3.8) is 0 Å². The molecule has 1 amide bonds. The molecule has 2 aromatic rings. The number of nitrogens with zero attached hydrogens (tertiary/aromatic N) is 2. The van der Waals surface area contributed by atoms with E-state index < -0.39 is 6.10 Å². The number of ether oxygens (including phenoxy) is 1. The van der Waals surface area contributed by atoms with Gasteiger partial charge in [0.1, 0.15) is 5.69 Å². The Balaban J connectivity index is 1.25. The molecular weight excluding hydrogens is 354 g/mol. The third-order valence-corrected chi connectivity index (χ3v) is 5.47. The largest absolute Gasteiger partial charge is 0.390 e. The van der Waals surface area contributed by atoms with Crippen molar-refractivity contribution in [1.82, 2.24) is 15.2 Å². The predicted octanol–water partition coefficient (Wildman–Crippen LogP) is 1.42. The Morgan fingerprint density at radius 2 is 2.11 bits per heavy atom. The molecule has 1 aromatic heterocycles. The number of rotatable bonds is 7. The first-order valence-corrected chi connectivity index (χ1v) is 9.95. The Morgan fingerprint density at radius 3 is 2.89 bits per heavy atom.